The second-order valence-electron chi connectivity index (χ2n) is 6.20. The van der Waals surface area contributed by atoms with Crippen LogP contribution in [0.15, 0.2) is 0 Å². The quantitative estimate of drug-likeness (QED) is 0.772. The van der Waals surface area contributed by atoms with Crippen molar-refractivity contribution in [1.82, 2.24) is 10.2 Å². The van der Waals surface area contributed by atoms with Gasteiger partial charge in [-0.2, -0.15) is 0 Å². The van der Waals surface area contributed by atoms with Crippen LogP contribution in [0.5, 0.6) is 0 Å². The van der Waals surface area contributed by atoms with E-state index in [1.807, 2.05) is 0 Å². The van der Waals surface area contributed by atoms with Crippen LogP contribution >= 0.6 is 0 Å². The summed E-state index contributed by atoms with van der Waals surface area (Å²) in [6.07, 6.45) is 10.2. The maximum absolute atomic E-state index is 3.44. The number of nitrogens with zero attached hydrogens (tertiary/aromatic N) is 1. The first-order valence-corrected chi connectivity index (χ1v) is 7.01. The van der Waals surface area contributed by atoms with Crippen LogP contribution in [0.4, 0.5) is 0 Å². The molecule has 2 heteroatoms. The van der Waals surface area contributed by atoms with E-state index in [2.05, 4.69) is 31.4 Å². The molecule has 2 saturated carbocycles. The zero-order valence-corrected chi connectivity index (χ0v) is 11.3. The fraction of sp³-hybridized carbons (Fsp3) is 1.00. The lowest BCUT2D eigenvalue weighted by Gasteiger charge is -2.52. The standard InChI is InChI=1S/C14H28N2/c1-15-11-14(9-6-10-14)13(16(2)3)12-7-4-5-8-12/h12-13,15H,4-11H2,1-3H3. The second kappa shape index (κ2) is 5.05. The minimum Gasteiger partial charge on any atom is -0.319 e. The van der Waals surface area contributed by atoms with Crippen molar-refractivity contribution in [3.05, 3.63) is 0 Å². The molecule has 0 amide bonds. The molecule has 2 fully saturated rings. The van der Waals surface area contributed by atoms with E-state index in [0.29, 0.717) is 5.41 Å². The summed E-state index contributed by atoms with van der Waals surface area (Å²) in [7, 11) is 6.69. The van der Waals surface area contributed by atoms with Crippen LogP contribution in [0.25, 0.3) is 0 Å². The molecule has 1 unspecified atom stereocenters. The van der Waals surface area contributed by atoms with Crippen molar-refractivity contribution >= 4 is 0 Å². The van der Waals surface area contributed by atoms with Gasteiger partial charge in [-0.15, -0.1) is 0 Å². The van der Waals surface area contributed by atoms with Crippen molar-refractivity contribution in [3.63, 3.8) is 0 Å². The summed E-state index contributed by atoms with van der Waals surface area (Å²) in [6.45, 7) is 1.21. The van der Waals surface area contributed by atoms with Gasteiger partial charge in [0.1, 0.15) is 0 Å². The van der Waals surface area contributed by atoms with E-state index in [1.54, 1.807) is 0 Å². The van der Waals surface area contributed by atoms with Crippen molar-refractivity contribution in [2.75, 3.05) is 27.7 Å². The van der Waals surface area contributed by atoms with Crippen LogP contribution in [-0.2, 0) is 0 Å². The van der Waals surface area contributed by atoms with Crippen LogP contribution in [-0.4, -0.2) is 38.6 Å². The van der Waals surface area contributed by atoms with E-state index in [-0.39, 0.29) is 0 Å². The lowest BCUT2D eigenvalue weighted by molar-refractivity contribution is -0.00930. The minimum atomic E-state index is 0.591. The normalized spacial score (nSPS) is 27.0. The summed E-state index contributed by atoms with van der Waals surface area (Å²) in [4.78, 5) is 2.52. The molecule has 0 aromatic heterocycles. The molecule has 2 aliphatic rings. The zero-order chi connectivity index (χ0) is 11.6. The topological polar surface area (TPSA) is 15.3 Å². The second-order valence-corrected chi connectivity index (χ2v) is 6.20. The molecule has 0 heterocycles. The molecule has 2 rings (SSSR count). The monoisotopic (exact) mass is 224 g/mol. The van der Waals surface area contributed by atoms with Gasteiger partial charge in [0.15, 0.2) is 0 Å². The Morgan fingerprint density at radius 1 is 1.19 bits per heavy atom. The Morgan fingerprint density at radius 3 is 2.19 bits per heavy atom. The molecule has 0 aromatic carbocycles. The molecule has 0 bridgehead atoms. The molecule has 0 spiro atoms. The van der Waals surface area contributed by atoms with Crippen LogP contribution in [0.1, 0.15) is 44.9 Å². The third kappa shape index (κ3) is 2.14. The van der Waals surface area contributed by atoms with E-state index in [1.165, 1.54) is 51.5 Å². The molecule has 2 aliphatic carbocycles. The van der Waals surface area contributed by atoms with Gasteiger partial charge in [-0.05, 0) is 58.2 Å². The van der Waals surface area contributed by atoms with Gasteiger partial charge >= 0.3 is 0 Å². The number of hydrogen-bond donors (Lipinski definition) is 1. The Labute approximate surface area is 101 Å². The first kappa shape index (κ1) is 12.4. The molecule has 0 aliphatic heterocycles. The first-order chi connectivity index (χ1) is 7.69. The maximum atomic E-state index is 3.44. The molecule has 94 valence electrons. The van der Waals surface area contributed by atoms with Gasteiger partial charge in [-0.25, -0.2) is 0 Å². The van der Waals surface area contributed by atoms with Gasteiger partial charge < -0.3 is 10.2 Å². The first-order valence-electron chi connectivity index (χ1n) is 7.01. The molecule has 1 atom stereocenters. The summed E-state index contributed by atoms with van der Waals surface area (Å²) in [6, 6.07) is 0.816. The Morgan fingerprint density at radius 2 is 1.81 bits per heavy atom. The van der Waals surface area contributed by atoms with Gasteiger partial charge in [-0.3, -0.25) is 0 Å². The SMILES string of the molecule is CNCC1(C(C2CCCC2)N(C)C)CCC1. The predicted octanol–water partition coefficient (Wildman–Crippen LogP) is 2.50. The molecular weight excluding hydrogens is 196 g/mol. The predicted molar refractivity (Wildman–Crippen MR) is 69.6 cm³/mol. The summed E-state index contributed by atoms with van der Waals surface area (Å²) in [5, 5.41) is 3.44. The Hall–Kier alpha value is -0.0800. The summed E-state index contributed by atoms with van der Waals surface area (Å²) in [5.74, 6) is 0.962. The fourth-order valence-electron chi connectivity index (χ4n) is 4.30. The number of nitrogens with one attached hydrogen (secondary N) is 1. The molecule has 0 aromatic rings. The molecule has 0 radical (unpaired) electrons. The Bertz CT molecular complexity index is 215. The van der Waals surface area contributed by atoms with Crippen molar-refractivity contribution in [2.45, 2.75) is 51.0 Å². The van der Waals surface area contributed by atoms with Gasteiger partial charge in [0.2, 0.25) is 0 Å². The maximum Gasteiger partial charge on any atom is 0.0186 e. The van der Waals surface area contributed by atoms with E-state index < -0.39 is 0 Å². The van der Waals surface area contributed by atoms with Crippen LogP contribution < -0.4 is 5.32 Å². The average molecular weight is 224 g/mol. The van der Waals surface area contributed by atoms with Gasteiger partial charge in [0.25, 0.3) is 0 Å². The number of hydrogen-bond acceptors (Lipinski definition) is 2. The lowest BCUT2D eigenvalue weighted by Crippen LogP contribution is -2.56. The van der Waals surface area contributed by atoms with Crippen molar-refractivity contribution in [2.24, 2.45) is 11.3 Å². The lowest BCUT2D eigenvalue weighted by atomic mass is 9.60. The van der Waals surface area contributed by atoms with E-state index in [9.17, 15) is 0 Å². The van der Waals surface area contributed by atoms with Crippen LogP contribution in [0, 0.1) is 11.3 Å². The summed E-state index contributed by atoms with van der Waals surface area (Å²) < 4.78 is 0. The van der Waals surface area contributed by atoms with Gasteiger partial charge in [0.05, 0.1) is 0 Å². The Balaban J connectivity index is 2.10. The van der Waals surface area contributed by atoms with E-state index >= 15 is 0 Å². The average Bonchev–Trinajstić information content (AvgIpc) is 2.67. The van der Waals surface area contributed by atoms with E-state index in [4.69, 9.17) is 0 Å². The largest absolute Gasteiger partial charge is 0.319 e. The highest BCUT2D eigenvalue weighted by atomic mass is 15.1. The third-order valence-corrected chi connectivity index (χ3v) is 4.91. The van der Waals surface area contributed by atoms with Crippen molar-refractivity contribution < 1.29 is 0 Å². The molecule has 16 heavy (non-hydrogen) atoms. The highest BCUT2D eigenvalue weighted by Crippen LogP contribution is 2.50. The third-order valence-electron chi connectivity index (χ3n) is 4.91. The summed E-state index contributed by atoms with van der Waals surface area (Å²) >= 11 is 0. The molecule has 1 N–H and O–H groups in total. The van der Waals surface area contributed by atoms with Crippen molar-refractivity contribution in [3.8, 4) is 0 Å². The highest BCUT2D eigenvalue weighted by molar-refractivity contribution is 5.02. The highest BCUT2D eigenvalue weighted by Gasteiger charge is 2.47. The smallest absolute Gasteiger partial charge is 0.0186 e. The minimum absolute atomic E-state index is 0.591. The number of rotatable bonds is 5. The molecular formula is C14H28N2. The fourth-order valence-corrected chi connectivity index (χ4v) is 4.30. The van der Waals surface area contributed by atoms with Crippen LogP contribution in [0.3, 0.4) is 0 Å². The zero-order valence-electron chi connectivity index (χ0n) is 11.3. The molecule has 0 saturated heterocycles. The van der Waals surface area contributed by atoms with Gasteiger partial charge in [-0.1, -0.05) is 19.3 Å². The Kier molecular flexibility index (Phi) is 3.91. The van der Waals surface area contributed by atoms with Gasteiger partial charge in [0, 0.05) is 12.6 Å². The summed E-state index contributed by atoms with van der Waals surface area (Å²) in [5.41, 5.74) is 0.591. The van der Waals surface area contributed by atoms with Crippen LogP contribution in [0.2, 0.25) is 0 Å². The molecule has 2 nitrogen and oxygen atoms in total. The van der Waals surface area contributed by atoms with Crippen molar-refractivity contribution in [1.29, 1.82) is 0 Å². The van der Waals surface area contributed by atoms with E-state index in [0.717, 1.165) is 12.0 Å².